The molecule has 0 N–H and O–H groups in total. The fourth-order valence-electron chi connectivity index (χ4n) is 1.04. The number of amides is 1. The normalized spacial score (nSPS) is 13.1. The number of hydrogen-bond donors (Lipinski definition) is 0. The molecule has 13 heavy (non-hydrogen) atoms. The van der Waals surface area contributed by atoms with E-state index in [0.717, 1.165) is 19.5 Å². The molecule has 78 valence electrons. The van der Waals surface area contributed by atoms with Gasteiger partial charge in [-0.1, -0.05) is 15.9 Å². The minimum atomic E-state index is -0.0724. The summed E-state index contributed by atoms with van der Waals surface area (Å²) in [5, 5.41) is 0. The molecule has 3 nitrogen and oxygen atoms in total. The zero-order valence-electron chi connectivity index (χ0n) is 8.88. The maximum atomic E-state index is 11.4. The highest BCUT2D eigenvalue weighted by molar-refractivity contribution is 9.10. The van der Waals surface area contributed by atoms with Crippen molar-refractivity contribution in [3.8, 4) is 0 Å². The maximum absolute atomic E-state index is 11.4. The van der Waals surface area contributed by atoms with Crippen molar-refractivity contribution in [1.82, 2.24) is 9.80 Å². The van der Waals surface area contributed by atoms with Gasteiger partial charge in [0.2, 0.25) is 5.91 Å². The van der Waals surface area contributed by atoms with Crippen molar-refractivity contribution in [3.05, 3.63) is 0 Å². The molecule has 0 aliphatic carbocycles. The van der Waals surface area contributed by atoms with Gasteiger partial charge in [-0.05, 0) is 34.0 Å². The standard InChI is InChI=1S/C9H19BrN2O/c1-8(10)9(13)12(4)7-5-6-11(2)3/h8H,5-7H2,1-4H3. The van der Waals surface area contributed by atoms with Crippen LogP contribution in [0.25, 0.3) is 0 Å². The van der Waals surface area contributed by atoms with E-state index in [9.17, 15) is 4.79 Å². The molecular weight excluding hydrogens is 232 g/mol. The Morgan fingerprint density at radius 3 is 2.23 bits per heavy atom. The second-order valence-electron chi connectivity index (χ2n) is 3.53. The van der Waals surface area contributed by atoms with Crippen molar-refractivity contribution in [3.63, 3.8) is 0 Å². The summed E-state index contributed by atoms with van der Waals surface area (Å²) in [5.74, 6) is 0.152. The molecule has 0 spiro atoms. The third-order valence-corrected chi connectivity index (χ3v) is 2.21. The Hall–Kier alpha value is -0.0900. The Labute approximate surface area is 89.2 Å². The summed E-state index contributed by atoms with van der Waals surface area (Å²) in [6.07, 6.45) is 1.02. The van der Waals surface area contributed by atoms with Crippen LogP contribution in [0, 0.1) is 0 Å². The van der Waals surface area contributed by atoms with Gasteiger partial charge in [-0.3, -0.25) is 4.79 Å². The molecule has 1 amide bonds. The van der Waals surface area contributed by atoms with Crippen molar-refractivity contribution in [1.29, 1.82) is 0 Å². The summed E-state index contributed by atoms with van der Waals surface area (Å²) in [7, 11) is 5.92. The molecule has 1 atom stereocenters. The first-order valence-electron chi connectivity index (χ1n) is 4.49. The summed E-state index contributed by atoms with van der Waals surface area (Å²) in [5.41, 5.74) is 0. The predicted molar refractivity (Wildman–Crippen MR) is 59.2 cm³/mol. The molecule has 0 aliphatic heterocycles. The van der Waals surface area contributed by atoms with Crippen LogP contribution in [0.1, 0.15) is 13.3 Å². The largest absolute Gasteiger partial charge is 0.345 e. The van der Waals surface area contributed by atoms with Gasteiger partial charge in [-0.25, -0.2) is 0 Å². The van der Waals surface area contributed by atoms with E-state index in [1.165, 1.54) is 0 Å². The smallest absolute Gasteiger partial charge is 0.235 e. The Morgan fingerprint density at radius 1 is 1.31 bits per heavy atom. The second-order valence-corrected chi connectivity index (χ2v) is 4.91. The molecule has 0 heterocycles. The van der Waals surface area contributed by atoms with Gasteiger partial charge in [-0.2, -0.15) is 0 Å². The van der Waals surface area contributed by atoms with Crippen LogP contribution >= 0.6 is 15.9 Å². The molecule has 0 saturated carbocycles. The lowest BCUT2D eigenvalue weighted by Gasteiger charge is -2.19. The van der Waals surface area contributed by atoms with E-state index in [1.54, 1.807) is 4.90 Å². The molecule has 0 saturated heterocycles. The van der Waals surface area contributed by atoms with Crippen molar-refractivity contribution in [2.75, 3.05) is 34.2 Å². The van der Waals surface area contributed by atoms with E-state index in [2.05, 4.69) is 20.8 Å². The highest BCUT2D eigenvalue weighted by atomic mass is 79.9. The lowest BCUT2D eigenvalue weighted by atomic mass is 10.3. The van der Waals surface area contributed by atoms with Gasteiger partial charge in [0.1, 0.15) is 0 Å². The lowest BCUT2D eigenvalue weighted by molar-refractivity contribution is -0.128. The zero-order valence-corrected chi connectivity index (χ0v) is 10.5. The number of carbonyl (C=O) groups excluding carboxylic acids is 1. The number of halogens is 1. The van der Waals surface area contributed by atoms with Crippen LogP contribution in [0.2, 0.25) is 0 Å². The monoisotopic (exact) mass is 250 g/mol. The first-order chi connectivity index (χ1) is 5.95. The molecule has 0 aromatic rings. The van der Waals surface area contributed by atoms with Crippen LogP contribution in [-0.2, 0) is 4.79 Å². The Morgan fingerprint density at radius 2 is 1.85 bits per heavy atom. The average molecular weight is 251 g/mol. The van der Waals surface area contributed by atoms with E-state index in [4.69, 9.17) is 0 Å². The minimum absolute atomic E-state index is 0.0724. The fourth-order valence-corrected chi connectivity index (χ4v) is 1.39. The number of rotatable bonds is 5. The van der Waals surface area contributed by atoms with Crippen molar-refractivity contribution < 1.29 is 4.79 Å². The van der Waals surface area contributed by atoms with Gasteiger partial charge in [-0.15, -0.1) is 0 Å². The first-order valence-corrected chi connectivity index (χ1v) is 5.40. The molecule has 0 radical (unpaired) electrons. The topological polar surface area (TPSA) is 23.6 Å². The van der Waals surface area contributed by atoms with Crippen molar-refractivity contribution in [2.24, 2.45) is 0 Å². The van der Waals surface area contributed by atoms with E-state index in [1.807, 2.05) is 28.1 Å². The van der Waals surface area contributed by atoms with E-state index < -0.39 is 0 Å². The number of nitrogens with zero attached hydrogens (tertiary/aromatic N) is 2. The third-order valence-electron chi connectivity index (χ3n) is 1.82. The van der Waals surface area contributed by atoms with Crippen LogP contribution in [0.5, 0.6) is 0 Å². The van der Waals surface area contributed by atoms with Gasteiger partial charge in [0.05, 0.1) is 4.83 Å². The summed E-state index contributed by atoms with van der Waals surface area (Å²) < 4.78 is 0. The van der Waals surface area contributed by atoms with Crippen LogP contribution in [0.4, 0.5) is 0 Å². The van der Waals surface area contributed by atoms with Gasteiger partial charge < -0.3 is 9.80 Å². The van der Waals surface area contributed by atoms with E-state index in [-0.39, 0.29) is 10.7 Å². The molecule has 4 heteroatoms. The van der Waals surface area contributed by atoms with Crippen molar-refractivity contribution >= 4 is 21.8 Å². The quantitative estimate of drug-likeness (QED) is 0.685. The van der Waals surface area contributed by atoms with E-state index >= 15 is 0 Å². The SMILES string of the molecule is CC(Br)C(=O)N(C)CCCN(C)C. The first kappa shape index (κ1) is 12.9. The Bertz CT molecular complexity index is 160. The van der Waals surface area contributed by atoms with Crippen LogP contribution in [0.15, 0.2) is 0 Å². The van der Waals surface area contributed by atoms with Crippen LogP contribution in [-0.4, -0.2) is 54.8 Å². The Balaban J connectivity index is 3.62. The summed E-state index contributed by atoms with van der Waals surface area (Å²) in [6, 6.07) is 0. The summed E-state index contributed by atoms with van der Waals surface area (Å²) in [6.45, 7) is 3.70. The van der Waals surface area contributed by atoms with Crippen molar-refractivity contribution in [2.45, 2.75) is 18.2 Å². The molecule has 0 rings (SSSR count). The molecule has 1 unspecified atom stereocenters. The fraction of sp³-hybridized carbons (Fsp3) is 0.889. The van der Waals surface area contributed by atoms with E-state index in [0.29, 0.717) is 0 Å². The highest BCUT2D eigenvalue weighted by Crippen LogP contribution is 2.02. The van der Waals surface area contributed by atoms with Gasteiger partial charge >= 0.3 is 0 Å². The third kappa shape index (κ3) is 6.05. The predicted octanol–water partition coefficient (Wildman–Crippen LogP) is 1.18. The molecular formula is C9H19BrN2O. The number of carbonyl (C=O) groups is 1. The van der Waals surface area contributed by atoms with Crippen LogP contribution < -0.4 is 0 Å². The van der Waals surface area contributed by atoms with Crippen LogP contribution in [0.3, 0.4) is 0 Å². The lowest BCUT2D eigenvalue weighted by Crippen LogP contribution is -2.33. The Kier molecular flexibility index (Phi) is 6.33. The maximum Gasteiger partial charge on any atom is 0.235 e. The molecule has 0 bridgehead atoms. The van der Waals surface area contributed by atoms with Gasteiger partial charge in [0.15, 0.2) is 0 Å². The zero-order chi connectivity index (χ0) is 10.4. The number of alkyl halides is 1. The van der Waals surface area contributed by atoms with Gasteiger partial charge in [0, 0.05) is 13.6 Å². The highest BCUT2D eigenvalue weighted by Gasteiger charge is 2.13. The molecule has 0 aliphatic rings. The number of hydrogen-bond acceptors (Lipinski definition) is 2. The average Bonchev–Trinajstić information content (AvgIpc) is 2.02. The van der Waals surface area contributed by atoms with Gasteiger partial charge in [0.25, 0.3) is 0 Å². The molecule has 0 fully saturated rings. The molecule has 0 aromatic heterocycles. The second kappa shape index (κ2) is 6.38. The minimum Gasteiger partial charge on any atom is -0.345 e. The molecule has 0 aromatic carbocycles. The summed E-state index contributed by atoms with van der Waals surface area (Å²) in [4.78, 5) is 15.2. The summed E-state index contributed by atoms with van der Waals surface area (Å²) >= 11 is 3.26.